The normalized spacial score (nSPS) is 8.94. The van der Waals surface area contributed by atoms with Gasteiger partial charge in [-0.2, -0.15) is 10.5 Å². The third-order valence-corrected chi connectivity index (χ3v) is 2.30. The Hall–Kier alpha value is -2.08. The molecule has 0 unspecified atom stereocenters. The van der Waals surface area contributed by atoms with E-state index in [0.29, 0.717) is 19.5 Å². The molecule has 2 amide bonds. The first-order chi connectivity index (χ1) is 8.02. The lowest BCUT2D eigenvalue weighted by Gasteiger charge is -2.19. The summed E-state index contributed by atoms with van der Waals surface area (Å²) in [5.41, 5.74) is 0. The fraction of sp³-hybridized carbons (Fsp3) is 0.636. The Morgan fingerprint density at radius 2 is 1.29 bits per heavy atom. The lowest BCUT2D eigenvalue weighted by atomic mass is 10.3. The number of rotatable bonds is 6. The first kappa shape index (κ1) is 14.9. The van der Waals surface area contributed by atoms with Crippen LogP contribution < -0.4 is 0 Å². The molecule has 0 aliphatic heterocycles. The van der Waals surface area contributed by atoms with Gasteiger partial charge in [0.05, 0.1) is 12.1 Å². The molecule has 0 saturated carbocycles. The van der Waals surface area contributed by atoms with Gasteiger partial charge >= 0.3 is 0 Å². The molecular formula is C11H16N4O2. The van der Waals surface area contributed by atoms with Gasteiger partial charge in [0.15, 0.2) is 0 Å². The van der Waals surface area contributed by atoms with Gasteiger partial charge in [-0.1, -0.05) is 0 Å². The molecule has 0 N–H and O–H groups in total. The summed E-state index contributed by atoms with van der Waals surface area (Å²) in [6.45, 7) is 0.982. The minimum absolute atomic E-state index is 0.125. The summed E-state index contributed by atoms with van der Waals surface area (Å²) < 4.78 is 0. The van der Waals surface area contributed by atoms with Crippen LogP contribution in [-0.2, 0) is 9.59 Å². The van der Waals surface area contributed by atoms with E-state index in [0.717, 1.165) is 0 Å². The minimum Gasteiger partial charge on any atom is -0.345 e. The van der Waals surface area contributed by atoms with Crippen LogP contribution in [0, 0.1) is 22.7 Å². The molecule has 0 saturated heterocycles. The molecule has 6 heteroatoms. The van der Waals surface area contributed by atoms with Crippen molar-refractivity contribution in [3.05, 3.63) is 0 Å². The number of amides is 2. The van der Waals surface area contributed by atoms with Gasteiger partial charge in [-0.05, 0) is 6.42 Å². The van der Waals surface area contributed by atoms with E-state index in [2.05, 4.69) is 0 Å². The molecule has 0 radical (unpaired) electrons. The Morgan fingerprint density at radius 1 is 0.941 bits per heavy atom. The van der Waals surface area contributed by atoms with Crippen LogP contribution in [-0.4, -0.2) is 48.8 Å². The quantitative estimate of drug-likeness (QED) is 0.655. The second kappa shape index (κ2) is 8.12. The zero-order valence-corrected chi connectivity index (χ0v) is 10.1. The average molecular weight is 236 g/mol. The summed E-state index contributed by atoms with van der Waals surface area (Å²) in [5, 5.41) is 16.7. The summed E-state index contributed by atoms with van der Waals surface area (Å²) in [7, 11) is 3.24. The van der Waals surface area contributed by atoms with E-state index in [-0.39, 0.29) is 24.7 Å². The van der Waals surface area contributed by atoms with Crippen molar-refractivity contribution in [1.29, 1.82) is 10.5 Å². The van der Waals surface area contributed by atoms with E-state index in [1.807, 2.05) is 0 Å². The minimum atomic E-state index is -0.224. The molecule has 0 spiro atoms. The highest BCUT2D eigenvalue weighted by atomic mass is 16.2. The summed E-state index contributed by atoms with van der Waals surface area (Å²) in [4.78, 5) is 25.4. The fourth-order valence-electron chi connectivity index (χ4n) is 1.20. The third kappa shape index (κ3) is 6.16. The summed E-state index contributed by atoms with van der Waals surface area (Å²) >= 11 is 0. The van der Waals surface area contributed by atoms with Crippen molar-refractivity contribution in [3.63, 3.8) is 0 Å². The van der Waals surface area contributed by atoms with Crippen molar-refractivity contribution in [2.45, 2.75) is 19.3 Å². The highest BCUT2D eigenvalue weighted by Gasteiger charge is 2.10. The van der Waals surface area contributed by atoms with Crippen LogP contribution >= 0.6 is 0 Å². The Bertz CT molecular complexity index is 319. The van der Waals surface area contributed by atoms with Crippen LogP contribution in [0.15, 0.2) is 0 Å². The first-order valence-corrected chi connectivity index (χ1v) is 5.24. The highest BCUT2D eigenvalue weighted by molar-refractivity contribution is 5.78. The maximum absolute atomic E-state index is 11.2. The number of nitriles is 2. The van der Waals surface area contributed by atoms with E-state index in [1.54, 1.807) is 26.2 Å². The number of hydrogen-bond donors (Lipinski definition) is 0. The van der Waals surface area contributed by atoms with Crippen molar-refractivity contribution < 1.29 is 9.59 Å². The summed E-state index contributed by atoms with van der Waals surface area (Å²) in [6.07, 6.45) is 0.376. The zero-order chi connectivity index (χ0) is 13.3. The van der Waals surface area contributed by atoms with Crippen molar-refractivity contribution in [2.75, 3.05) is 27.2 Å². The molecule has 17 heavy (non-hydrogen) atoms. The molecule has 0 aliphatic carbocycles. The first-order valence-electron chi connectivity index (χ1n) is 5.24. The second-order valence-electron chi connectivity index (χ2n) is 3.65. The number of nitrogens with zero attached hydrogens (tertiary/aromatic N) is 4. The molecule has 0 atom stereocenters. The SMILES string of the molecule is CN(CCCN(C)C(=O)CC#N)C(=O)CC#N. The lowest BCUT2D eigenvalue weighted by molar-refractivity contribution is -0.129. The largest absolute Gasteiger partial charge is 0.345 e. The van der Waals surface area contributed by atoms with Crippen LogP contribution in [0.5, 0.6) is 0 Å². The molecular weight excluding hydrogens is 220 g/mol. The second-order valence-corrected chi connectivity index (χ2v) is 3.65. The summed E-state index contributed by atoms with van der Waals surface area (Å²) in [5.74, 6) is -0.447. The van der Waals surface area contributed by atoms with Gasteiger partial charge < -0.3 is 9.80 Å². The molecule has 0 aromatic carbocycles. The van der Waals surface area contributed by atoms with Crippen LogP contribution in [0.1, 0.15) is 19.3 Å². The molecule has 6 nitrogen and oxygen atoms in total. The van der Waals surface area contributed by atoms with E-state index < -0.39 is 0 Å². The predicted molar refractivity (Wildman–Crippen MR) is 60.4 cm³/mol. The lowest BCUT2D eigenvalue weighted by Crippen LogP contribution is -2.32. The maximum atomic E-state index is 11.2. The third-order valence-electron chi connectivity index (χ3n) is 2.30. The van der Waals surface area contributed by atoms with E-state index in [4.69, 9.17) is 10.5 Å². The smallest absolute Gasteiger partial charge is 0.236 e. The van der Waals surface area contributed by atoms with E-state index >= 15 is 0 Å². The monoisotopic (exact) mass is 236 g/mol. The van der Waals surface area contributed by atoms with Gasteiger partial charge in [0.1, 0.15) is 12.8 Å². The maximum Gasteiger partial charge on any atom is 0.236 e. The predicted octanol–water partition coefficient (Wildman–Crippen LogP) is 0.121. The molecule has 0 aliphatic rings. The molecule has 0 bridgehead atoms. The van der Waals surface area contributed by atoms with Crippen molar-refractivity contribution >= 4 is 11.8 Å². The molecule has 0 heterocycles. The van der Waals surface area contributed by atoms with E-state index in [9.17, 15) is 9.59 Å². The number of hydrogen-bond acceptors (Lipinski definition) is 4. The van der Waals surface area contributed by atoms with Crippen molar-refractivity contribution in [2.24, 2.45) is 0 Å². The highest BCUT2D eigenvalue weighted by Crippen LogP contribution is 1.96. The van der Waals surface area contributed by atoms with Gasteiger partial charge in [-0.25, -0.2) is 0 Å². The Morgan fingerprint density at radius 3 is 1.59 bits per heavy atom. The number of carbonyl (C=O) groups excluding carboxylic acids is 2. The molecule has 0 aromatic rings. The Labute approximate surface area is 101 Å². The van der Waals surface area contributed by atoms with Gasteiger partial charge in [0.2, 0.25) is 11.8 Å². The van der Waals surface area contributed by atoms with Gasteiger partial charge in [0, 0.05) is 27.2 Å². The van der Waals surface area contributed by atoms with Gasteiger partial charge in [-0.15, -0.1) is 0 Å². The zero-order valence-electron chi connectivity index (χ0n) is 10.1. The molecule has 0 aromatic heterocycles. The van der Waals surface area contributed by atoms with Crippen LogP contribution in [0.2, 0.25) is 0 Å². The van der Waals surface area contributed by atoms with E-state index in [1.165, 1.54) is 9.80 Å². The summed E-state index contributed by atoms with van der Waals surface area (Å²) in [6, 6.07) is 3.58. The standard InChI is InChI=1S/C11H16N4O2/c1-14(10(16)4-6-12)8-3-9-15(2)11(17)5-7-13/h3-5,8-9H2,1-2H3. The van der Waals surface area contributed by atoms with Crippen molar-refractivity contribution in [1.82, 2.24) is 9.80 Å². The Balaban J connectivity index is 3.85. The van der Waals surface area contributed by atoms with Gasteiger partial charge in [0.25, 0.3) is 0 Å². The topological polar surface area (TPSA) is 88.2 Å². The molecule has 92 valence electrons. The van der Waals surface area contributed by atoms with Crippen LogP contribution in [0.25, 0.3) is 0 Å². The fourth-order valence-corrected chi connectivity index (χ4v) is 1.20. The van der Waals surface area contributed by atoms with Crippen molar-refractivity contribution in [3.8, 4) is 12.1 Å². The average Bonchev–Trinajstić information content (AvgIpc) is 2.29. The number of carbonyl (C=O) groups is 2. The Kier molecular flexibility index (Phi) is 7.12. The van der Waals surface area contributed by atoms with Crippen LogP contribution in [0.3, 0.4) is 0 Å². The van der Waals surface area contributed by atoms with Gasteiger partial charge in [-0.3, -0.25) is 9.59 Å². The molecule has 0 fully saturated rings. The molecule has 0 rings (SSSR count). The van der Waals surface area contributed by atoms with Crippen LogP contribution in [0.4, 0.5) is 0 Å².